The summed E-state index contributed by atoms with van der Waals surface area (Å²) in [6.45, 7) is -2.16. The van der Waals surface area contributed by atoms with Crippen LogP contribution in [0.25, 0.3) is 0 Å². The number of alkyl halides is 2. The first-order valence-corrected chi connectivity index (χ1v) is 4.95. The second kappa shape index (κ2) is 6.80. The molecule has 0 aliphatic rings. The number of benzene rings is 1. The quantitative estimate of drug-likeness (QED) is 0.775. The molecule has 0 bridgehead atoms. The first-order chi connectivity index (χ1) is 8.13. The van der Waals surface area contributed by atoms with E-state index in [-0.39, 0.29) is 17.2 Å². The number of amides is 1. The Morgan fingerprint density at radius 2 is 2.24 bits per heavy atom. The van der Waals surface area contributed by atoms with Crippen LogP contribution >= 0.6 is 0 Å². The van der Waals surface area contributed by atoms with Crippen molar-refractivity contribution >= 4 is 5.91 Å². The Labute approximate surface area is 97.5 Å². The van der Waals surface area contributed by atoms with Crippen molar-refractivity contribution in [2.75, 3.05) is 20.3 Å². The maximum atomic E-state index is 12.0. The van der Waals surface area contributed by atoms with Gasteiger partial charge >= 0.3 is 6.61 Å². The Morgan fingerprint density at radius 3 is 2.88 bits per heavy atom. The van der Waals surface area contributed by atoms with Gasteiger partial charge in [-0.3, -0.25) is 4.79 Å². The third-order valence-electron chi connectivity index (χ3n) is 1.91. The summed E-state index contributed by atoms with van der Waals surface area (Å²) in [5.41, 5.74) is 0.263. The van der Waals surface area contributed by atoms with Gasteiger partial charge in [0.15, 0.2) is 0 Å². The van der Waals surface area contributed by atoms with Crippen molar-refractivity contribution in [1.82, 2.24) is 5.32 Å². The zero-order valence-corrected chi connectivity index (χ0v) is 9.28. The van der Waals surface area contributed by atoms with Gasteiger partial charge in [-0.2, -0.15) is 8.78 Å². The van der Waals surface area contributed by atoms with Crippen molar-refractivity contribution in [3.05, 3.63) is 29.8 Å². The molecule has 0 aromatic heterocycles. The molecule has 4 nitrogen and oxygen atoms in total. The predicted molar refractivity (Wildman–Crippen MR) is 57.3 cm³/mol. The molecule has 1 N–H and O–H groups in total. The molecule has 0 saturated heterocycles. The second-order valence-electron chi connectivity index (χ2n) is 3.16. The molecule has 0 fully saturated rings. The maximum absolute atomic E-state index is 12.0. The number of carbonyl (C=O) groups is 1. The van der Waals surface area contributed by atoms with E-state index in [2.05, 4.69) is 10.1 Å². The zero-order chi connectivity index (χ0) is 12.7. The van der Waals surface area contributed by atoms with Crippen LogP contribution in [-0.2, 0) is 4.74 Å². The third-order valence-corrected chi connectivity index (χ3v) is 1.91. The van der Waals surface area contributed by atoms with Crippen LogP contribution in [0.4, 0.5) is 8.78 Å². The monoisotopic (exact) mass is 245 g/mol. The number of halogens is 2. The molecule has 0 spiro atoms. The first kappa shape index (κ1) is 13.4. The Hall–Kier alpha value is -1.69. The Kier molecular flexibility index (Phi) is 5.35. The van der Waals surface area contributed by atoms with Crippen molar-refractivity contribution in [3.8, 4) is 5.75 Å². The fourth-order valence-electron chi connectivity index (χ4n) is 1.18. The van der Waals surface area contributed by atoms with Crippen LogP contribution in [0.5, 0.6) is 5.75 Å². The molecular formula is C11H13F2NO3. The van der Waals surface area contributed by atoms with E-state index in [1.807, 2.05) is 0 Å². The highest BCUT2D eigenvalue weighted by molar-refractivity contribution is 5.94. The van der Waals surface area contributed by atoms with Crippen molar-refractivity contribution in [1.29, 1.82) is 0 Å². The molecule has 0 radical (unpaired) electrons. The van der Waals surface area contributed by atoms with E-state index >= 15 is 0 Å². The van der Waals surface area contributed by atoms with Gasteiger partial charge in [-0.25, -0.2) is 0 Å². The molecule has 94 valence electrons. The van der Waals surface area contributed by atoms with Gasteiger partial charge in [0, 0.05) is 19.2 Å². The van der Waals surface area contributed by atoms with E-state index in [4.69, 9.17) is 4.74 Å². The standard InChI is InChI=1S/C11H13F2NO3/c1-16-6-5-14-10(15)8-3-2-4-9(7-8)17-11(12)13/h2-4,7,11H,5-6H2,1H3,(H,14,15). The highest BCUT2D eigenvalue weighted by Crippen LogP contribution is 2.15. The van der Waals surface area contributed by atoms with Crippen LogP contribution < -0.4 is 10.1 Å². The normalized spacial score (nSPS) is 10.4. The molecular weight excluding hydrogens is 232 g/mol. The molecule has 1 aromatic rings. The molecule has 0 heterocycles. The van der Waals surface area contributed by atoms with Crippen LogP contribution in [-0.4, -0.2) is 32.8 Å². The van der Waals surface area contributed by atoms with Crippen molar-refractivity contribution in [3.63, 3.8) is 0 Å². The summed E-state index contributed by atoms with van der Waals surface area (Å²) in [5.74, 6) is -0.402. The summed E-state index contributed by atoms with van der Waals surface area (Å²) in [7, 11) is 1.52. The molecule has 17 heavy (non-hydrogen) atoms. The van der Waals surface area contributed by atoms with E-state index < -0.39 is 6.61 Å². The van der Waals surface area contributed by atoms with Crippen molar-refractivity contribution in [2.45, 2.75) is 6.61 Å². The summed E-state index contributed by atoms with van der Waals surface area (Å²) < 4.78 is 32.9. The number of hydrogen-bond donors (Lipinski definition) is 1. The summed E-state index contributed by atoms with van der Waals surface area (Å²) in [6, 6.07) is 5.61. The average molecular weight is 245 g/mol. The summed E-state index contributed by atoms with van der Waals surface area (Å²) >= 11 is 0. The molecule has 0 unspecified atom stereocenters. The minimum atomic E-state index is -2.90. The topological polar surface area (TPSA) is 47.6 Å². The number of ether oxygens (including phenoxy) is 2. The van der Waals surface area contributed by atoms with Crippen LogP contribution in [0.2, 0.25) is 0 Å². The molecule has 1 aromatic carbocycles. The number of hydrogen-bond acceptors (Lipinski definition) is 3. The Morgan fingerprint density at radius 1 is 1.47 bits per heavy atom. The number of rotatable bonds is 6. The predicted octanol–water partition coefficient (Wildman–Crippen LogP) is 1.66. The lowest BCUT2D eigenvalue weighted by Crippen LogP contribution is -2.26. The van der Waals surface area contributed by atoms with E-state index in [1.165, 1.54) is 31.4 Å². The molecule has 1 rings (SSSR count). The number of nitrogens with one attached hydrogen (secondary N) is 1. The summed E-state index contributed by atoms with van der Waals surface area (Å²) in [4.78, 5) is 11.5. The van der Waals surface area contributed by atoms with Crippen molar-refractivity contribution in [2.24, 2.45) is 0 Å². The highest BCUT2D eigenvalue weighted by atomic mass is 19.3. The third kappa shape index (κ3) is 4.78. The Bertz CT molecular complexity index is 371. The molecule has 0 atom stereocenters. The summed E-state index contributed by atoms with van der Waals surface area (Å²) in [6.07, 6.45) is 0. The smallest absolute Gasteiger partial charge is 0.387 e. The molecule has 6 heteroatoms. The zero-order valence-electron chi connectivity index (χ0n) is 9.28. The van der Waals surface area contributed by atoms with Gasteiger partial charge in [-0.15, -0.1) is 0 Å². The number of carbonyl (C=O) groups excluding carboxylic acids is 1. The summed E-state index contributed by atoms with van der Waals surface area (Å²) in [5, 5.41) is 2.57. The minimum Gasteiger partial charge on any atom is -0.435 e. The first-order valence-electron chi connectivity index (χ1n) is 4.95. The SMILES string of the molecule is COCCNC(=O)c1cccc(OC(F)F)c1. The maximum Gasteiger partial charge on any atom is 0.387 e. The van der Waals surface area contributed by atoms with Gasteiger partial charge in [0.2, 0.25) is 0 Å². The largest absolute Gasteiger partial charge is 0.435 e. The van der Waals surface area contributed by atoms with Gasteiger partial charge in [0.05, 0.1) is 6.61 Å². The lowest BCUT2D eigenvalue weighted by atomic mass is 10.2. The minimum absolute atomic E-state index is 0.0422. The van der Waals surface area contributed by atoms with Crippen molar-refractivity contribution < 1.29 is 23.0 Å². The second-order valence-corrected chi connectivity index (χ2v) is 3.16. The van der Waals surface area contributed by atoms with Gasteiger partial charge in [-0.1, -0.05) is 6.07 Å². The van der Waals surface area contributed by atoms with E-state index in [9.17, 15) is 13.6 Å². The lowest BCUT2D eigenvalue weighted by Gasteiger charge is -2.07. The van der Waals surface area contributed by atoms with Crippen LogP contribution in [0.3, 0.4) is 0 Å². The molecule has 1 amide bonds. The van der Waals surface area contributed by atoms with Crippen LogP contribution in [0.15, 0.2) is 24.3 Å². The fourth-order valence-corrected chi connectivity index (χ4v) is 1.18. The van der Waals surface area contributed by atoms with Crippen LogP contribution in [0, 0.1) is 0 Å². The Balaban J connectivity index is 2.60. The van der Waals surface area contributed by atoms with Gasteiger partial charge in [0.1, 0.15) is 5.75 Å². The van der Waals surface area contributed by atoms with Crippen LogP contribution in [0.1, 0.15) is 10.4 Å². The van der Waals surface area contributed by atoms with E-state index in [1.54, 1.807) is 0 Å². The molecule has 0 aliphatic carbocycles. The molecule has 0 aliphatic heterocycles. The molecule has 0 saturated carbocycles. The average Bonchev–Trinajstić information content (AvgIpc) is 2.28. The van der Waals surface area contributed by atoms with Gasteiger partial charge in [0.25, 0.3) is 5.91 Å². The highest BCUT2D eigenvalue weighted by Gasteiger charge is 2.08. The van der Waals surface area contributed by atoms with Gasteiger partial charge in [-0.05, 0) is 18.2 Å². The lowest BCUT2D eigenvalue weighted by molar-refractivity contribution is -0.0498. The van der Waals surface area contributed by atoms with E-state index in [0.717, 1.165) is 0 Å². The van der Waals surface area contributed by atoms with Gasteiger partial charge < -0.3 is 14.8 Å². The fraction of sp³-hybridized carbons (Fsp3) is 0.364. The number of methoxy groups -OCH3 is 1. The van der Waals surface area contributed by atoms with E-state index in [0.29, 0.717) is 13.2 Å².